The van der Waals surface area contributed by atoms with Crippen molar-refractivity contribution < 1.29 is 4.74 Å². The Hall–Kier alpha value is -1.93. The maximum Gasteiger partial charge on any atom is 0.332 e. The second-order valence-electron chi connectivity index (χ2n) is 6.68. The van der Waals surface area contributed by atoms with Gasteiger partial charge in [-0.1, -0.05) is 0 Å². The number of aryl methyl sites for hydroxylation is 2. The van der Waals surface area contributed by atoms with E-state index in [0.717, 1.165) is 45.5 Å². The van der Waals surface area contributed by atoms with Crippen molar-refractivity contribution in [2.75, 3.05) is 26.2 Å². The summed E-state index contributed by atoms with van der Waals surface area (Å²) < 4.78 is 10.1. The molecule has 0 aromatic carbocycles. The van der Waals surface area contributed by atoms with E-state index in [9.17, 15) is 9.59 Å². The SMILES string of the molecule is CCOC1CCN(CCCn2c(=O)c3c(ncn3C)n(C)c2=O)CC1. The number of fused-ring (bicyclic) bond motifs is 1. The van der Waals surface area contributed by atoms with Gasteiger partial charge in [-0.15, -0.1) is 0 Å². The molecule has 0 aliphatic carbocycles. The van der Waals surface area contributed by atoms with Crippen molar-refractivity contribution in [1.82, 2.24) is 23.6 Å². The summed E-state index contributed by atoms with van der Waals surface area (Å²) in [6, 6.07) is 0. The van der Waals surface area contributed by atoms with Crippen LogP contribution < -0.4 is 11.2 Å². The van der Waals surface area contributed by atoms with Crippen molar-refractivity contribution in [3.05, 3.63) is 27.2 Å². The highest BCUT2D eigenvalue weighted by Crippen LogP contribution is 2.13. The normalized spacial score (nSPS) is 16.8. The van der Waals surface area contributed by atoms with Gasteiger partial charge >= 0.3 is 5.69 Å². The van der Waals surface area contributed by atoms with Gasteiger partial charge in [-0.25, -0.2) is 9.78 Å². The van der Waals surface area contributed by atoms with Gasteiger partial charge in [0, 0.05) is 40.3 Å². The second-order valence-corrected chi connectivity index (χ2v) is 6.68. The molecule has 0 amide bonds. The van der Waals surface area contributed by atoms with E-state index in [1.807, 2.05) is 6.92 Å². The number of imidazole rings is 1. The van der Waals surface area contributed by atoms with Crippen molar-refractivity contribution >= 4 is 11.2 Å². The maximum atomic E-state index is 12.6. The number of hydrogen-bond donors (Lipinski definition) is 0. The average molecular weight is 349 g/mol. The van der Waals surface area contributed by atoms with Crippen molar-refractivity contribution in [1.29, 1.82) is 0 Å². The molecule has 0 saturated carbocycles. The number of hydrogen-bond acceptors (Lipinski definition) is 5. The minimum absolute atomic E-state index is 0.256. The molecular weight excluding hydrogens is 322 g/mol. The van der Waals surface area contributed by atoms with Crippen molar-refractivity contribution in [2.45, 2.75) is 38.8 Å². The summed E-state index contributed by atoms with van der Waals surface area (Å²) in [6.07, 6.45) is 4.83. The molecule has 3 heterocycles. The van der Waals surface area contributed by atoms with E-state index in [1.165, 1.54) is 9.13 Å². The standard InChI is InChI=1S/C17H27N5O3/c1-4-25-13-6-10-21(11-7-13)8-5-9-22-16(23)14-15(18-12-19(14)2)20(3)17(22)24/h12-13H,4-11H2,1-3H3. The quantitative estimate of drug-likeness (QED) is 0.751. The van der Waals surface area contributed by atoms with Gasteiger partial charge in [0.25, 0.3) is 5.56 Å². The van der Waals surface area contributed by atoms with Crippen molar-refractivity contribution in [2.24, 2.45) is 14.1 Å². The summed E-state index contributed by atoms with van der Waals surface area (Å²) in [5.74, 6) is 0. The monoisotopic (exact) mass is 349 g/mol. The minimum atomic E-state index is -0.300. The Labute approximate surface area is 146 Å². The highest BCUT2D eigenvalue weighted by atomic mass is 16.5. The lowest BCUT2D eigenvalue weighted by atomic mass is 10.1. The Bertz CT molecular complexity index is 842. The minimum Gasteiger partial charge on any atom is -0.378 e. The van der Waals surface area contributed by atoms with E-state index in [4.69, 9.17) is 4.74 Å². The maximum absolute atomic E-state index is 12.6. The van der Waals surface area contributed by atoms with Gasteiger partial charge in [0.15, 0.2) is 11.2 Å². The summed E-state index contributed by atoms with van der Waals surface area (Å²) in [4.78, 5) is 31.6. The molecular formula is C17H27N5O3. The topological polar surface area (TPSA) is 74.3 Å². The molecule has 0 unspecified atom stereocenters. The number of nitrogens with zero attached hydrogens (tertiary/aromatic N) is 5. The molecule has 3 rings (SSSR count). The van der Waals surface area contributed by atoms with E-state index in [0.29, 0.717) is 23.8 Å². The fourth-order valence-electron chi connectivity index (χ4n) is 3.58. The number of ether oxygens (including phenoxy) is 1. The zero-order chi connectivity index (χ0) is 18.0. The van der Waals surface area contributed by atoms with Crippen LogP contribution in [0.15, 0.2) is 15.9 Å². The summed E-state index contributed by atoms with van der Waals surface area (Å²) in [5.41, 5.74) is 0.353. The first-order valence-electron chi connectivity index (χ1n) is 8.97. The fraction of sp³-hybridized carbons (Fsp3) is 0.706. The largest absolute Gasteiger partial charge is 0.378 e. The molecule has 0 spiro atoms. The number of likely N-dealkylation sites (tertiary alicyclic amines) is 1. The Morgan fingerprint density at radius 3 is 2.60 bits per heavy atom. The fourth-order valence-corrected chi connectivity index (χ4v) is 3.58. The Balaban J connectivity index is 1.65. The Morgan fingerprint density at radius 2 is 1.92 bits per heavy atom. The van der Waals surface area contributed by atoms with Gasteiger partial charge in [0.1, 0.15) is 0 Å². The first kappa shape index (κ1) is 17.9. The van der Waals surface area contributed by atoms with Gasteiger partial charge in [0.2, 0.25) is 0 Å². The van der Waals surface area contributed by atoms with Gasteiger partial charge in [-0.2, -0.15) is 0 Å². The van der Waals surface area contributed by atoms with Crippen LogP contribution in [0.25, 0.3) is 11.2 Å². The van der Waals surface area contributed by atoms with E-state index in [1.54, 1.807) is 25.0 Å². The third kappa shape index (κ3) is 3.55. The Kier molecular flexibility index (Phi) is 5.39. The zero-order valence-corrected chi connectivity index (χ0v) is 15.3. The number of aromatic nitrogens is 4. The number of rotatable bonds is 6. The molecule has 25 heavy (non-hydrogen) atoms. The molecule has 138 valence electrons. The third-order valence-corrected chi connectivity index (χ3v) is 4.99. The predicted molar refractivity (Wildman–Crippen MR) is 95.9 cm³/mol. The lowest BCUT2D eigenvalue weighted by Crippen LogP contribution is -2.41. The van der Waals surface area contributed by atoms with Crippen LogP contribution in [0, 0.1) is 0 Å². The average Bonchev–Trinajstić information content (AvgIpc) is 3.00. The highest BCUT2D eigenvalue weighted by molar-refractivity contribution is 5.69. The van der Waals surface area contributed by atoms with Crippen LogP contribution in [0.2, 0.25) is 0 Å². The van der Waals surface area contributed by atoms with Crippen LogP contribution in [0.1, 0.15) is 26.2 Å². The van der Waals surface area contributed by atoms with Crippen LogP contribution in [0.3, 0.4) is 0 Å². The predicted octanol–water partition coefficient (Wildman–Crippen LogP) is 0.325. The molecule has 0 radical (unpaired) electrons. The zero-order valence-electron chi connectivity index (χ0n) is 15.3. The van der Waals surface area contributed by atoms with E-state index in [2.05, 4.69) is 9.88 Å². The molecule has 8 heteroatoms. The smallest absolute Gasteiger partial charge is 0.332 e. The Morgan fingerprint density at radius 1 is 1.20 bits per heavy atom. The van der Waals surface area contributed by atoms with Crippen molar-refractivity contribution in [3.63, 3.8) is 0 Å². The van der Waals surface area contributed by atoms with E-state index in [-0.39, 0.29) is 11.2 Å². The van der Waals surface area contributed by atoms with Gasteiger partial charge < -0.3 is 14.2 Å². The highest BCUT2D eigenvalue weighted by Gasteiger charge is 2.19. The summed E-state index contributed by atoms with van der Waals surface area (Å²) in [7, 11) is 3.43. The molecule has 0 bridgehead atoms. The third-order valence-electron chi connectivity index (χ3n) is 4.99. The molecule has 1 saturated heterocycles. The molecule has 2 aromatic rings. The molecule has 8 nitrogen and oxygen atoms in total. The number of piperidine rings is 1. The molecule has 1 aliphatic rings. The first-order valence-corrected chi connectivity index (χ1v) is 8.97. The molecule has 1 fully saturated rings. The van der Waals surface area contributed by atoms with Gasteiger partial charge in [-0.3, -0.25) is 13.9 Å². The summed E-state index contributed by atoms with van der Waals surface area (Å²) in [5, 5.41) is 0. The van der Waals surface area contributed by atoms with Gasteiger partial charge in [-0.05, 0) is 32.7 Å². The van der Waals surface area contributed by atoms with Crippen LogP contribution in [-0.2, 0) is 25.4 Å². The van der Waals surface area contributed by atoms with Crippen LogP contribution >= 0.6 is 0 Å². The van der Waals surface area contributed by atoms with E-state index >= 15 is 0 Å². The van der Waals surface area contributed by atoms with Crippen LogP contribution in [0.5, 0.6) is 0 Å². The lowest BCUT2D eigenvalue weighted by Gasteiger charge is -2.31. The van der Waals surface area contributed by atoms with Crippen molar-refractivity contribution in [3.8, 4) is 0 Å². The summed E-state index contributed by atoms with van der Waals surface area (Å²) in [6.45, 7) is 6.14. The summed E-state index contributed by atoms with van der Waals surface area (Å²) >= 11 is 0. The molecule has 1 aliphatic heterocycles. The van der Waals surface area contributed by atoms with E-state index < -0.39 is 0 Å². The molecule has 0 atom stereocenters. The second kappa shape index (κ2) is 7.53. The van der Waals surface area contributed by atoms with Crippen LogP contribution in [-0.4, -0.2) is 55.9 Å². The first-order chi connectivity index (χ1) is 12.0. The van der Waals surface area contributed by atoms with Crippen LogP contribution in [0.4, 0.5) is 0 Å². The lowest BCUT2D eigenvalue weighted by molar-refractivity contribution is 0.0139. The van der Waals surface area contributed by atoms with Gasteiger partial charge in [0.05, 0.1) is 12.4 Å². The molecule has 0 N–H and O–H groups in total. The molecule has 2 aromatic heterocycles.